The van der Waals surface area contributed by atoms with E-state index in [0.717, 1.165) is 6.42 Å². The highest BCUT2D eigenvalue weighted by Gasteiger charge is 2.29. The van der Waals surface area contributed by atoms with Crippen LogP contribution < -0.4 is 5.32 Å². The van der Waals surface area contributed by atoms with Gasteiger partial charge in [0.15, 0.2) is 10.9 Å². The number of benzene rings is 1. The second kappa shape index (κ2) is 5.88. The Balaban J connectivity index is 2.33. The first-order valence-electron chi connectivity index (χ1n) is 6.26. The highest BCUT2D eigenvalue weighted by Crippen LogP contribution is 2.27. The molecule has 1 fully saturated rings. The zero-order valence-electron chi connectivity index (χ0n) is 11.2. The van der Waals surface area contributed by atoms with Crippen LogP contribution in [-0.4, -0.2) is 32.5 Å². The molecule has 1 aromatic rings. The third-order valence-corrected chi connectivity index (χ3v) is 3.24. The van der Waals surface area contributed by atoms with Crippen molar-refractivity contribution in [3.63, 3.8) is 0 Å². The van der Waals surface area contributed by atoms with Crippen LogP contribution in [0.5, 0.6) is 5.75 Å². The van der Waals surface area contributed by atoms with Gasteiger partial charge in [-0.1, -0.05) is 13.0 Å². The van der Waals surface area contributed by atoms with Gasteiger partial charge in [0.2, 0.25) is 0 Å². The van der Waals surface area contributed by atoms with Crippen LogP contribution >= 0.6 is 12.2 Å². The molecule has 2 rings (SSSR count). The average molecular weight is 307 g/mol. The number of thiocarbonyl (C=S) groups is 1. The van der Waals surface area contributed by atoms with Crippen molar-refractivity contribution in [2.24, 2.45) is 0 Å². The first-order chi connectivity index (χ1) is 9.93. The number of hydrogen-bond donors (Lipinski definition) is 2. The van der Waals surface area contributed by atoms with Gasteiger partial charge < -0.3 is 10.4 Å². The summed E-state index contributed by atoms with van der Waals surface area (Å²) >= 11 is 5.07. The minimum absolute atomic E-state index is 0.258. The molecule has 0 bridgehead atoms. The largest absolute Gasteiger partial charge is 0.502 e. The number of phenolic OH excluding ortho intramolecular Hbond substituents is 1. The predicted octanol–water partition coefficient (Wildman–Crippen LogP) is 1.77. The maximum absolute atomic E-state index is 12.1. The van der Waals surface area contributed by atoms with Crippen LogP contribution in [0.2, 0.25) is 0 Å². The number of phenols is 1. The highest BCUT2D eigenvalue weighted by atomic mass is 32.1. The van der Waals surface area contributed by atoms with Gasteiger partial charge in [0.05, 0.1) is 4.92 Å². The number of amides is 1. The van der Waals surface area contributed by atoms with Crippen LogP contribution in [-0.2, 0) is 4.79 Å². The Bertz CT molecular complexity index is 657. The van der Waals surface area contributed by atoms with Crippen molar-refractivity contribution < 1.29 is 14.8 Å². The molecule has 1 aromatic carbocycles. The molecular formula is C13H13N3O4S. The van der Waals surface area contributed by atoms with Crippen LogP contribution in [0.1, 0.15) is 18.9 Å². The summed E-state index contributed by atoms with van der Waals surface area (Å²) in [6, 6.07) is 3.89. The second-order valence-corrected chi connectivity index (χ2v) is 4.84. The molecule has 0 atom stereocenters. The van der Waals surface area contributed by atoms with E-state index in [9.17, 15) is 20.0 Å². The Kier molecular flexibility index (Phi) is 4.18. The lowest BCUT2D eigenvalue weighted by molar-refractivity contribution is -0.385. The first-order valence-corrected chi connectivity index (χ1v) is 6.66. The molecule has 1 amide bonds. The molecule has 1 saturated heterocycles. The van der Waals surface area contributed by atoms with E-state index in [4.69, 9.17) is 12.2 Å². The number of hydrogen-bond acceptors (Lipinski definition) is 5. The van der Waals surface area contributed by atoms with Gasteiger partial charge in [0.25, 0.3) is 5.91 Å². The molecule has 21 heavy (non-hydrogen) atoms. The summed E-state index contributed by atoms with van der Waals surface area (Å²) < 4.78 is 0. The summed E-state index contributed by atoms with van der Waals surface area (Å²) in [7, 11) is 0. The Morgan fingerprint density at radius 1 is 1.52 bits per heavy atom. The molecule has 8 heteroatoms. The van der Waals surface area contributed by atoms with Gasteiger partial charge in [-0.3, -0.25) is 19.8 Å². The highest BCUT2D eigenvalue weighted by molar-refractivity contribution is 7.80. The van der Waals surface area contributed by atoms with Crippen molar-refractivity contribution in [2.45, 2.75) is 13.3 Å². The van der Waals surface area contributed by atoms with E-state index in [1.54, 1.807) is 0 Å². The van der Waals surface area contributed by atoms with E-state index < -0.39 is 16.4 Å². The van der Waals surface area contributed by atoms with Gasteiger partial charge in [-0.05, 0) is 36.3 Å². The van der Waals surface area contributed by atoms with E-state index in [0.29, 0.717) is 17.2 Å². The van der Waals surface area contributed by atoms with Gasteiger partial charge in [-0.2, -0.15) is 0 Å². The molecule has 0 radical (unpaired) electrons. The van der Waals surface area contributed by atoms with Crippen molar-refractivity contribution >= 4 is 35.0 Å². The minimum atomic E-state index is -0.685. The maximum atomic E-state index is 12.1. The lowest BCUT2D eigenvalue weighted by Gasteiger charge is -2.11. The van der Waals surface area contributed by atoms with Crippen molar-refractivity contribution in [1.29, 1.82) is 0 Å². The van der Waals surface area contributed by atoms with E-state index in [-0.39, 0.29) is 11.6 Å². The summed E-state index contributed by atoms with van der Waals surface area (Å²) in [6.45, 7) is 2.44. The van der Waals surface area contributed by atoms with Gasteiger partial charge >= 0.3 is 5.69 Å². The fourth-order valence-corrected chi connectivity index (χ4v) is 2.23. The Morgan fingerprint density at radius 2 is 2.24 bits per heavy atom. The van der Waals surface area contributed by atoms with Crippen molar-refractivity contribution in [3.8, 4) is 5.75 Å². The summed E-state index contributed by atoms with van der Waals surface area (Å²) in [6.07, 6.45) is 2.24. The summed E-state index contributed by atoms with van der Waals surface area (Å²) in [5, 5.41) is 23.3. The molecule has 110 valence electrons. The third kappa shape index (κ3) is 3.00. The monoisotopic (exact) mass is 307 g/mol. The smallest absolute Gasteiger partial charge is 0.311 e. The molecule has 0 unspecified atom stereocenters. The normalized spacial score (nSPS) is 16.4. The second-order valence-electron chi connectivity index (χ2n) is 4.45. The Hall–Kier alpha value is -2.48. The molecule has 1 aliphatic rings. The van der Waals surface area contributed by atoms with Crippen LogP contribution in [0.15, 0.2) is 23.9 Å². The van der Waals surface area contributed by atoms with Crippen molar-refractivity contribution in [3.05, 3.63) is 39.6 Å². The molecule has 0 aliphatic carbocycles. The standard InChI is InChI=1S/C13H13N3O4S/c1-2-5-15-12(18)9(14-13(15)21)6-8-3-4-11(17)10(7-8)16(19)20/h3-4,6-7,17H,2,5H2,1H3,(H,14,21)/b9-6-. The lowest BCUT2D eigenvalue weighted by Crippen LogP contribution is -2.31. The Morgan fingerprint density at radius 3 is 2.86 bits per heavy atom. The fraction of sp³-hybridized carbons (Fsp3) is 0.231. The summed E-state index contributed by atoms with van der Waals surface area (Å²) in [5.41, 5.74) is 0.271. The zero-order valence-corrected chi connectivity index (χ0v) is 12.0. The molecule has 1 aliphatic heterocycles. The predicted molar refractivity (Wildman–Crippen MR) is 80.5 cm³/mol. The maximum Gasteiger partial charge on any atom is 0.311 e. The Labute approximate surface area is 126 Å². The minimum Gasteiger partial charge on any atom is -0.502 e. The van der Waals surface area contributed by atoms with Crippen LogP contribution in [0, 0.1) is 10.1 Å². The molecule has 0 aromatic heterocycles. The number of rotatable bonds is 4. The van der Waals surface area contributed by atoms with Crippen molar-refractivity contribution in [1.82, 2.24) is 10.2 Å². The molecule has 1 heterocycles. The summed E-state index contributed by atoms with van der Waals surface area (Å²) in [4.78, 5) is 23.7. The number of carbonyl (C=O) groups excluding carboxylic acids is 1. The molecule has 7 nitrogen and oxygen atoms in total. The van der Waals surface area contributed by atoms with E-state index in [2.05, 4.69) is 5.32 Å². The number of carbonyl (C=O) groups is 1. The average Bonchev–Trinajstić information content (AvgIpc) is 2.69. The van der Waals surface area contributed by atoms with Gasteiger partial charge in [0, 0.05) is 12.6 Å². The molecular weight excluding hydrogens is 294 g/mol. The van der Waals surface area contributed by atoms with E-state index in [1.807, 2.05) is 6.92 Å². The van der Waals surface area contributed by atoms with Gasteiger partial charge in [-0.25, -0.2) is 0 Å². The topological polar surface area (TPSA) is 95.7 Å². The van der Waals surface area contributed by atoms with Crippen LogP contribution in [0.25, 0.3) is 6.08 Å². The quantitative estimate of drug-likeness (QED) is 0.381. The fourth-order valence-electron chi connectivity index (χ4n) is 1.94. The number of nitrogens with zero attached hydrogens (tertiary/aromatic N) is 2. The molecule has 0 spiro atoms. The molecule has 2 N–H and O–H groups in total. The number of aromatic hydroxyl groups is 1. The number of nitro groups is 1. The van der Waals surface area contributed by atoms with Crippen LogP contribution in [0.3, 0.4) is 0 Å². The van der Waals surface area contributed by atoms with E-state index >= 15 is 0 Å². The van der Waals surface area contributed by atoms with Crippen LogP contribution in [0.4, 0.5) is 5.69 Å². The SMILES string of the molecule is CCCN1C(=O)/C(=C/c2ccc(O)c([N+](=O)[O-])c2)NC1=S. The molecule has 0 saturated carbocycles. The zero-order chi connectivity index (χ0) is 15.6. The third-order valence-electron chi connectivity index (χ3n) is 2.92. The number of nitrogens with one attached hydrogen (secondary N) is 1. The van der Waals surface area contributed by atoms with E-state index in [1.165, 1.54) is 29.2 Å². The van der Waals surface area contributed by atoms with Crippen molar-refractivity contribution in [2.75, 3.05) is 6.54 Å². The van der Waals surface area contributed by atoms with Gasteiger partial charge in [0.1, 0.15) is 5.70 Å². The van der Waals surface area contributed by atoms with Gasteiger partial charge in [-0.15, -0.1) is 0 Å². The first kappa shape index (κ1) is 14.9. The number of nitro benzene ring substituents is 1. The lowest BCUT2D eigenvalue weighted by atomic mass is 10.1. The summed E-state index contributed by atoms with van der Waals surface area (Å²) in [5.74, 6) is -0.687.